The van der Waals surface area contributed by atoms with Crippen LogP contribution in [0.5, 0.6) is 5.75 Å². The summed E-state index contributed by atoms with van der Waals surface area (Å²) in [6.07, 6.45) is 10.9. The Kier molecular flexibility index (Phi) is 5.98. The molecule has 0 spiro atoms. The van der Waals surface area contributed by atoms with Crippen molar-refractivity contribution in [3.8, 4) is 28.3 Å². The number of aromatic nitrogens is 4. The van der Waals surface area contributed by atoms with Crippen LogP contribution in [0, 0.1) is 5.92 Å². The normalized spacial score (nSPS) is 17.7. The van der Waals surface area contributed by atoms with Gasteiger partial charge in [-0.05, 0) is 93.4 Å². The highest BCUT2D eigenvalue weighted by molar-refractivity contribution is 5.99. The highest BCUT2D eigenvalue weighted by atomic mass is 16.5. The molecule has 1 N–H and O–H groups in total. The van der Waals surface area contributed by atoms with Crippen molar-refractivity contribution in [1.29, 1.82) is 0 Å². The zero-order chi connectivity index (χ0) is 22.7. The van der Waals surface area contributed by atoms with Crippen LogP contribution < -0.4 is 10.1 Å². The van der Waals surface area contributed by atoms with E-state index in [1.54, 1.807) is 0 Å². The number of nitrogens with zero attached hydrogens (tertiary/aromatic N) is 4. The summed E-state index contributed by atoms with van der Waals surface area (Å²) >= 11 is 0. The first kappa shape index (κ1) is 21.3. The highest BCUT2D eigenvalue weighted by Gasteiger charge is 2.25. The first-order valence-electron chi connectivity index (χ1n) is 12.6. The Morgan fingerprint density at radius 1 is 1.06 bits per heavy atom. The van der Waals surface area contributed by atoms with Crippen molar-refractivity contribution in [2.24, 2.45) is 5.92 Å². The van der Waals surface area contributed by atoms with Gasteiger partial charge in [-0.25, -0.2) is 0 Å². The van der Waals surface area contributed by atoms with Crippen LogP contribution in [0.2, 0.25) is 0 Å². The van der Waals surface area contributed by atoms with Gasteiger partial charge >= 0.3 is 0 Å². The molecule has 0 aliphatic carbocycles. The van der Waals surface area contributed by atoms with Crippen LogP contribution in [0.3, 0.4) is 0 Å². The van der Waals surface area contributed by atoms with E-state index in [9.17, 15) is 0 Å². The molecule has 34 heavy (non-hydrogen) atoms. The molecule has 6 heteroatoms. The van der Waals surface area contributed by atoms with Crippen LogP contribution in [0.4, 0.5) is 0 Å². The fraction of sp³-hybridized carbons (Fsp3) is 0.393. The monoisotopic (exact) mass is 453 g/mol. The molecule has 0 radical (unpaired) electrons. The van der Waals surface area contributed by atoms with E-state index in [4.69, 9.17) is 9.84 Å². The van der Waals surface area contributed by atoms with Gasteiger partial charge in [-0.1, -0.05) is 6.07 Å². The van der Waals surface area contributed by atoms with E-state index in [0.29, 0.717) is 0 Å². The first-order valence-corrected chi connectivity index (χ1v) is 12.6. The first-order chi connectivity index (χ1) is 16.9. The second kappa shape index (κ2) is 9.55. The third-order valence-corrected chi connectivity index (χ3v) is 7.16. The third kappa shape index (κ3) is 4.18. The molecule has 1 fully saturated rings. The Morgan fingerprint density at radius 3 is 2.94 bits per heavy atom. The van der Waals surface area contributed by atoms with Gasteiger partial charge in [0.2, 0.25) is 0 Å². The van der Waals surface area contributed by atoms with Gasteiger partial charge in [0, 0.05) is 41.6 Å². The maximum absolute atomic E-state index is 6.12. The van der Waals surface area contributed by atoms with Crippen molar-refractivity contribution in [3.63, 3.8) is 0 Å². The van der Waals surface area contributed by atoms with E-state index in [0.717, 1.165) is 72.9 Å². The minimum Gasteiger partial charge on any atom is -0.494 e. The number of pyridine rings is 2. The molecule has 6 rings (SSSR count). The summed E-state index contributed by atoms with van der Waals surface area (Å²) in [6.45, 7) is 4.04. The van der Waals surface area contributed by atoms with Crippen LogP contribution >= 0.6 is 0 Å². The number of piperidine rings is 1. The summed E-state index contributed by atoms with van der Waals surface area (Å²) in [5, 5.41) is 9.58. The molecule has 1 atom stereocenters. The molecule has 2 aliphatic heterocycles. The second-order valence-corrected chi connectivity index (χ2v) is 9.45. The van der Waals surface area contributed by atoms with Crippen LogP contribution in [0.15, 0.2) is 54.9 Å². The van der Waals surface area contributed by atoms with E-state index < -0.39 is 0 Å². The zero-order valence-corrected chi connectivity index (χ0v) is 19.5. The molecule has 0 amide bonds. The van der Waals surface area contributed by atoms with Crippen molar-refractivity contribution in [1.82, 2.24) is 25.1 Å². The molecule has 4 aromatic rings. The van der Waals surface area contributed by atoms with Crippen molar-refractivity contribution >= 4 is 10.9 Å². The average Bonchev–Trinajstić information content (AvgIpc) is 3.49. The maximum Gasteiger partial charge on any atom is 0.121 e. The van der Waals surface area contributed by atoms with Crippen LogP contribution in [0.25, 0.3) is 33.4 Å². The number of fused-ring (bicyclic) bond motifs is 2. The fourth-order valence-corrected chi connectivity index (χ4v) is 5.47. The van der Waals surface area contributed by atoms with Gasteiger partial charge in [0.15, 0.2) is 0 Å². The predicted octanol–water partition coefficient (Wildman–Crippen LogP) is 5.27. The molecule has 1 unspecified atom stereocenters. The van der Waals surface area contributed by atoms with Crippen molar-refractivity contribution in [3.05, 3.63) is 60.6 Å². The topological polar surface area (TPSA) is 64.9 Å². The molecule has 1 saturated heterocycles. The SMILES string of the molecule is c1ccc(-c2nn3c(c2-c2ccnc4cc(OCCCC5CCCNC5)ccc24)CCC3)nc1. The summed E-state index contributed by atoms with van der Waals surface area (Å²) in [4.78, 5) is 9.28. The zero-order valence-electron chi connectivity index (χ0n) is 19.5. The van der Waals surface area contributed by atoms with E-state index in [1.807, 2.05) is 30.6 Å². The molecule has 174 valence electrons. The van der Waals surface area contributed by atoms with E-state index in [1.165, 1.54) is 42.6 Å². The number of hydrogen-bond acceptors (Lipinski definition) is 5. The van der Waals surface area contributed by atoms with E-state index in [-0.39, 0.29) is 0 Å². The summed E-state index contributed by atoms with van der Waals surface area (Å²) in [5.74, 6) is 1.69. The van der Waals surface area contributed by atoms with Gasteiger partial charge in [0.05, 0.1) is 17.8 Å². The lowest BCUT2D eigenvalue weighted by molar-refractivity contribution is 0.276. The average molecular weight is 454 g/mol. The summed E-state index contributed by atoms with van der Waals surface area (Å²) in [7, 11) is 0. The predicted molar refractivity (Wildman–Crippen MR) is 135 cm³/mol. The lowest BCUT2D eigenvalue weighted by atomic mass is 9.95. The number of nitrogens with one attached hydrogen (secondary N) is 1. The number of hydrogen-bond donors (Lipinski definition) is 1. The lowest BCUT2D eigenvalue weighted by Gasteiger charge is -2.22. The Bertz CT molecular complexity index is 1280. The van der Waals surface area contributed by atoms with E-state index >= 15 is 0 Å². The standard InChI is InChI=1S/C28H31N5O/c1-2-14-30-24(8-1)28-27(26-9-4-16-33(26)32-28)23-12-15-31-25-18-21(10-11-22(23)25)34-17-5-7-20-6-3-13-29-19-20/h1-2,8,10-12,14-15,18,20,29H,3-7,9,13,16-17,19H2. The third-order valence-electron chi connectivity index (χ3n) is 7.16. The van der Waals surface area contributed by atoms with Gasteiger partial charge in [-0.2, -0.15) is 5.10 Å². The Balaban J connectivity index is 1.27. The van der Waals surface area contributed by atoms with Crippen molar-refractivity contribution in [2.45, 2.75) is 45.1 Å². The number of benzene rings is 1. The second-order valence-electron chi connectivity index (χ2n) is 9.45. The Labute approximate surface area is 200 Å². The molecular weight excluding hydrogens is 422 g/mol. The molecule has 1 aromatic carbocycles. The quantitative estimate of drug-likeness (QED) is 0.387. The van der Waals surface area contributed by atoms with Crippen LogP contribution in [-0.4, -0.2) is 39.4 Å². The number of ether oxygens (including phenoxy) is 1. The van der Waals surface area contributed by atoms with Crippen LogP contribution in [-0.2, 0) is 13.0 Å². The lowest BCUT2D eigenvalue weighted by Crippen LogP contribution is -2.29. The molecule has 0 bridgehead atoms. The van der Waals surface area contributed by atoms with Gasteiger partial charge in [0.25, 0.3) is 0 Å². The highest BCUT2D eigenvalue weighted by Crippen LogP contribution is 2.40. The fourth-order valence-electron chi connectivity index (χ4n) is 5.47. The Morgan fingerprint density at radius 2 is 2.06 bits per heavy atom. The van der Waals surface area contributed by atoms with Gasteiger partial charge in [-0.15, -0.1) is 0 Å². The van der Waals surface area contributed by atoms with Gasteiger partial charge in [-0.3, -0.25) is 14.6 Å². The number of rotatable bonds is 7. The molecule has 5 heterocycles. The van der Waals surface area contributed by atoms with Crippen molar-refractivity contribution < 1.29 is 4.74 Å². The van der Waals surface area contributed by atoms with Gasteiger partial charge < -0.3 is 10.1 Å². The molecule has 2 aliphatic rings. The summed E-state index contributed by atoms with van der Waals surface area (Å²) < 4.78 is 8.27. The minimum atomic E-state index is 0.752. The number of aryl methyl sites for hydroxylation is 1. The summed E-state index contributed by atoms with van der Waals surface area (Å²) in [6, 6.07) is 14.4. The van der Waals surface area contributed by atoms with Crippen molar-refractivity contribution in [2.75, 3.05) is 19.7 Å². The van der Waals surface area contributed by atoms with E-state index in [2.05, 4.69) is 44.2 Å². The van der Waals surface area contributed by atoms with Crippen LogP contribution in [0.1, 0.15) is 37.8 Å². The Hall–Kier alpha value is -3.25. The molecule has 0 saturated carbocycles. The minimum absolute atomic E-state index is 0.752. The van der Waals surface area contributed by atoms with Gasteiger partial charge in [0.1, 0.15) is 11.4 Å². The molecule has 6 nitrogen and oxygen atoms in total. The molecular formula is C28H31N5O. The summed E-state index contributed by atoms with van der Waals surface area (Å²) in [5.41, 5.74) is 6.49. The smallest absolute Gasteiger partial charge is 0.121 e. The molecule has 3 aromatic heterocycles. The largest absolute Gasteiger partial charge is 0.494 e. The maximum atomic E-state index is 6.12.